The molecule has 3 nitrogen and oxygen atoms in total. The van der Waals surface area contributed by atoms with Crippen molar-refractivity contribution in [1.29, 1.82) is 0 Å². The SMILES string of the molecule is CCCn1nccc1C(C)=CCCNC1CC1. The molecular weight excluding hydrogens is 210 g/mol. The molecule has 0 aliphatic heterocycles. The summed E-state index contributed by atoms with van der Waals surface area (Å²) >= 11 is 0. The maximum absolute atomic E-state index is 4.35. The van der Waals surface area contributed by atoms with E-state index < -0.39 is 0 Å². The normalized spacial score (nSPS) is 16.5. The summed E-state index contributed by atoms with van der Waals surface area (Å²) in [6.07, 6.45) is 9.19. The van der Waals surface area contributed by atoms with Crippen molar-refractivity contribution in [2.45, 2.75) is 52.1 Å². The van der Waals surface area contributed by atoms with Crippen molar-refractivity contribution in [3.63, 3.8) is 0 Å². The van der Waals surface area contributed by atoms with Crippen LogP contribution in [-0.2, 0) is 6.54 Å². The van der Waals surface area contributed by atoms with Gasteiger partial charge in [0.05, 0.1) is 5.69 Å². The number of hydrogen-bond acceptors (Lipinski definition) is 2. The van der Waals surface area contributed by atoms with Gasteiger partial charge in [0.1, 0.15) is 0 Å². The van der Waals surface area contributed by atoms with Crippen LogP contribution >= 0.6 is 0 Å². The highest BCUT2D eigenvalue weighted by atomic mass is 15.3. The largest absolute Gasteiger partial charge is 0.314 e. The highest BCUT2D eigenvalue weighted by Gasteiger charge is 2.19. The number of nitrogens with one attached hydrogen (secondary N) is 1. The van der Waals surface area contributed by atoms with Gasteiger partial charge in [-0.1, -0.05) is 13.0 Å². The Hall–Kier alpha value is -1.09. The summed E-state index contributed by atoms with van der Waals surface area (Å²) in [7, 11) is 0. The fraction of sp³-hybridized carbons (Fsp3) is 0.643. The van der Waals surface area contributed by atoms with E-state index in [9.17, 15) is 0 Å². The molecule has 1 N–H and O–H groups in total. The van der Waals surface area contributed by atoms with Crippen LogP contribution in [0.3, 0.4) is 0 Å². The van der Waals surface area contributed by atoms with E-state index in [4.69, 9.17) is 0 Å². The molecule has 0 amide bonds. The lowest BCUT2D eigenvalue weighted by Crippen LogP contribution is -2.16. The third-order valence-electron chi connectivity index (χ3n) is 3.16. The lowest BCUT2D eigenvalue weighted by Gasteiger charge is -2.06. The summed E-state index contributed by atoms with van der Waals surface area (Å²) < 4.78 is 2.10. The van der Waals surface area contributed by atoms with E-state index in [1.807, 2.05) is 6.20 Å². The topological polar surface area (TPSA) is 29.9 Å². The highest BCUT2D eigenvalue weighted by Crippen LogP contribution is 2.18. The highest BCUT2D eigenvalue weighted by molar-refractivity contribution is 5.60. The van der Waals surface area contributed by atoms with Crippen molar-refractivity contribution in [2.24, 2.45) is 0 Å². The van der Waals surface area contributed by atoms with Gasteiger partial charge in [0.25, 0.3) is 0 Å². The molecule has 1 saturated carbocycles. The van der Waals surface area contributed by atoms with Gasteiger partial charge >= 0.3 is 0 Å². The van der Waals surface area contributed by atoms with Crippen molar-refractivity contribution in [3.05, 3.63) is 24.0 Å². The quantitative estimate of drug-likeness (QED) is 0.734. The van der Waals surface area contributed by atoms with Gasteiger partial charge in [-0.2, -0.15) is 5.10 Å². The molecule has 0 atom stereocenters. The van der Waals surface area contributed by atoms with E-state index >= 15 is 0 Å². The van der Waals surface area contributed by atoms with Gasteiger partial charge < -0.3 is 5.32 Å². The third kappa shape index (κ3) is 3.70. The Bertz CT molecular complexity index is 375. The second kappa shape index (κ2) is 6.01. The fourth-order valence-corrected chi connectivity index (χ4v) is 2.03. The van der Waals surface area contributed by atoms with Crippen LogP contribution in [0.5, 0.6) is 0 Å². The number of nitrogens with zero attached hydrogens (tertiary/aromatic N) is 2. The summed E-state index contributed by atoms with van der Waals surface area (Å²) in [5.41, 5.74) is 2.60. The molecule has 0 aromatic carbocycles. The number of allylic oxidation sites excluding steroid dienone is 1. The van der Waals surface area contributed by atoms with Crippen LogP contribution in [0.4, 0.5) is 0 Å². The standard InChI is InChI=1S/C14H23N3/c1-3-11-17-14(8-10-16-17)12(2)5-4-9-15-13-6-7-13/h5,8,10,13,15H,3-4,6-7,9,11H2,1-2H3. The molecule has 1 aliphatic carbocycles. The van der Waals surface area contributed by atoms with Gasteiger partial charge in [-0.15, -0.1) is 0 Å². The maximum Gasteiger partial charge on any atom is 0.0635 e. The number of rotatable bonds is 7. The molecule has 0 saturated heterocycles. The summed E-state index contributed by atoms with van der Waals surface area (Å²) in [5.74, 6) is 0. The molecule has 17 heavy (non-hydrogen) atoms. The van der Waals surface area contributed by atoms with Crippen LogP contribution in [0.1, 0.15) is 45.2 Å². The Morgan fingerprint density at radius 1 is 1.59 bits per heavy atom. The number of aryl methyl sites for hydroxylation is 1. The Labute approximate surface area is 104 Å². The van der Waals surface area contributed by atoms with Crippen LogP contribution in [-0.4, -0.2) is 22.4 Å². The van der Waals surface area contributed by atoms with Gasteiger partial charge in [0.15, 0.2) is 0 Å². The smallest absolute Gasteiger partial charge is 0.0635 e. The number of aromatic nitrogens is 2. The fourth-order valence-electron chi connectivity index (χ4n) is 2.03. The molecule has 1 aromatic heterocycles. The lowest BCUT2D eigenvalue weighted by molar-refractivity contribution is 0.596. The second-order valence-electron chi connectivity index (χ2n) is 4.84. The molecule has 0 radical (unpaired) electrons. The van der Waals surface area contributed by atoms with Crippen LogP contribution in [0, 0.1) is 0 Å². The third-order valence-corrected chi connectivity index (χ3v) is 3.16. The van der Waals surface area contributed by atoms with Crippen molar-refractivity contribution < 1.29 is 0 Å². The average molecular weight is 233 g/mol. The second-order valence-corrected chi connectivity index (χ2v) is 4.84. The van der Waals surface area contributed by atoms with E-state index in [0.29, 0.717) is 0 Å². The van der Waals surface area contributed by atoms with Gasteiger partial charge in [-0.05, 0) is 50.8 Å². The first kappa shape index (κ1) is 12.4. The summed E-state index contributed by atoms with van der Waals surface area (Å²) in [4.78, 5) is 0. The van der Waals surface area contributed by atoms with Crippen molar-refractivity contribution in [3.8, 4) is 0 Å². The van der Waals surface area contributed by atoms with E-state index in [0.717, 1.165) is 32.0 Å². The monoisotopic (exact) mass is 233 g/mol. The zero-order valence-electron chi connectivity index (χ0n) is 10.9. The molecule has 1 aliphatic rings. The summed E-state index contributed by atoms with van der Waals surface area (Å²) in [6.45, 7) is 6.47. The lowest BCUT2D eigenvalue weighted by atomic mass is 10.2. The molecule has 0 bridgehead atoms. The molecule has 3 heteroatoms. The van der Waals surface area contributed by atoms with E-state index in [-0.39, 0.29) is 0 Å². The molecule has 2 rings (SSSR count). The van der Waals surface area contributed by atoms with E-state index in [1.165, 1.54) is 24.1 Å². The zero-order valence-corrected chi connectivity index (χ0v) is 10.9. The van der Waals surface area contributed by atoms with Crippen molar-refractivity contribution in [2.75, 3.05) is 6.54 Å². The first-order chi connectivity index (χ1) is 8.31. The average Bonchev–Trinajstić information content (AvgIpc) is 3.03. The van der Waals surface area contributed by atoms with Crippen LogP contribution < -0.4 is 5.32 Å². The minimum absolute atomic E-state index is 0.814. The minimum atomic E-state index is 0.814. The minimum Gasteiger partial charge on any atom is -0.314 e. The predicted molar refractivity (Wildman–Crippen MR) is 71.8 cm³/mol. The van der Waals surface area contributed by atoms with Crippen molar-refractivity contribution in [1.82, 2.24) is 15.1 Å². The number of hydrogen-bond donors (Lipinski definition) is 1. The molecule has 1 fully saturated rings. The van der Waals surface area contributed by atoms with Crippen LogP contribution in [0.25, 0.3) is 5.57 Å². The van der Waals surface area contributed by atoms with Gasteiger partial charge in [0, 0.05) is 18.8 Å². The molecule has 1 heterocycles. The Morgan fingerprint density at radius 2 is 2.41 bits per heavy atom. The molecule has 0 spiro atoms. The first-order valence-corrected chi connectivity index (χ1v) is 6.73. The van der Waals surface area contributed by atoms with Gasteiger partial charge in [-0.25, -0.2) is 0 Å². The molecular formula is C14H23N3. The van der Waals surface area contributed by atoms with Crippen LogP contribution in [0.15, 0.2) is 18.3 Å². The Balaban J connectivity index is 1.85. The van der Waals surface area contributed by atoms with E-state index in [1.54, 1.807) is 0 Å². The summed E-state index contributed by atoms with van der Waals surface area (Å²) in [6, 6.07) is 2.92. The predicted octanol–water partition coefficient (Wildman–Crippen LogP) is 2.84. The van der Waals surface area contributed by atoms with Gasteiger partial charge in [-0.3, -0.25) is 4.68 Å². The van der Waals surface area contributed by atoms with Crippen LogP contribution in [0.2, 0.25) is 0 Å². The molecule has 1 aromatic rings. The Kier molecular flexibility index (Phi) is 4.37. The molecule has 94 valence electrons. The maximum atomic E-state index is 4.35. The zero-order chi connectivity index (χ0) is 12.1. The molecule has 0 unspecified atom stereocenters. The summed E-state index contributed by atoms with van der Waals surface area (Å²) in [5, 5.41) is 7.88. The Morgan fingerprint density at radius 3 is 3.12 bits per heavy atom. The van der Waals surface area contributed by atoms with Gasteiger partial charge in [0.2, 0.25) is 0 Å². The van der Waals surface area contributed by atoms with Crippen molar-refractivity contribution >= 4 is 5.57 Å². The first-order valence-electron chi connectivity index (χ1n) is 6.73. The van der Waals surface area contributed by atoms with E-state index in [2.05, 4.69) is 41.1 Å².